The first kappa shape index (κ1) is 19.1. The fourth-order valence-electron chi connectivity index (χ4n) is 2.62. The van der Waals surface area contributed by atoms with Crippen LogP contribution >= 0.6 is 23.8 Å². The highest BCUT2D eigenvalue weighted by molar-refractivity contribution is 7.80. The van der Waals surface area contributed by atoms with Crippen molar-refractivity contribution in [2.75, 3.05) is 4.90 Å². The fraction of sp³-hybridized carbons (Fsp3) is 0.150. The number of hydrogen-bond donors (Lipinski definition) is 1. The number of hydrogen-bond acceptors (Lipinski definition) is 4. The molecular weight excluding hydrogens is 384 g/mol. The zero-order chi connectivity index (χ0) is 19.6. The summed E-state index contributed by atoms with van der Waals surface area (Å²) in [5, 5.41) is 3.07. The molecule has 3 rings (SSSR count). The van der Waals surface area contributed by atoms with E-state index in [1.54, 1.807) is 42.5 Å². The van der Waals surface area contributed by atoms with Gasteiger partial charge in [0.1, 0.15) is 11.3 Å². The van der Waals surface area contributed by atoms with Crippen molar-refractivity contribution in [3.63, 3.8) is 0 Å². The van der Waals surface area contributed by atoms with Gasteiger partial charge in [0, 0.05) is 10.6 Å². The highest BCUT2D eigenvalue weighted by atomic mass is 35.5. The molecule has 138 valence electrons. The third-order valence-electron chi connectivity index (χ3n) is 3.75. The summed E-state index contributed by atoms with van der Waals surface area (Å²) in [5.74, 6) is -0.542. The van der Waals surface area contributed by atoms with Gasteiger partial charge >= 0.3 is 0 Å². The topological polar surface area (TPSA) is 58.6 Å². The van der Waals surface area contributed by atoms with Crippen molar-refractivity contribution >= 4 is 52.5 Å². The van der Waals surface area contributed by atoms with Gasteiger partial charge in [0.2, 0.25) is 0 Å². The van der Waals surface area contributed by atoms with E-state index in [0.29, 0.717) is 22.0 Å². The Hall–Kier alpha value is -2.70. The minimum Gasteiger partial charge on any atom is -0.490 e. The largest absolute Gasteiger partial charge is 0.490 e. The lowest BCUT2D eigenvalue weighted by Crippen LogP contribution is -2.54. The summed E-state index contributed by atoms with van der Waals surface area (Å²) < 4.78 is 5.76. The number of para-hydroxylation sites is 1. The average molecular weight is 401 g/mol. The van der Waals surface area contributed by atoms with Crippen molar-refractivity contribution in [1.29, 1.82) is 0 Å². The summed E-state index contributed by atoms with van der Waals surface area (Å²) in [7, 11) is 0. The Labute approximate surface area is 167 Å². The molecule has 5 nitrogen and oxygen atoms in total. The predicted octanol–water partition coefficient (Wildman–Crippen LogP) is 3.96. The summed E-state index contributed by atoms with van der Waals surface area (Å²) in [4.78, 5) is 26.7. The molecular formula is C20H17ClN2O3S. The fourth-order valence-corrected chi connectivity index (χ4v) is 3.08. The Balaban J connectivity index is 2.05. The van der Waals surface area contributed by atoms with Gasteiger partial charge < -0.3 is 4.74 Å². The average Bonchev–Trinajstić information content (AvgIpc) is 2.61. The number of nitrogens with zero attached hydrogens (tertiary/aromatic N) is 1. The summed E-state index contributed by atoms with van der Waals surface area (Å²) >= 11 is 11.3. The molecule has 0 atom stereocenters. The van der Waals surface area contributed by atoms with Crippen molar-refractivity contribution in [2.45, 2.75) is 20.0 Å². The first-order valence-electron chi connectivity index (χ1n) is 8.29. The summed E-state index contributed by atoms with van der Waals surface area (Å²) in [6.07, 6.45) is 1.39. The number of nitrogens with one attached hydrogen (secondary N) is 1. The van der Waals surface area contributed by atoms with E-state index in [-0.39, 0.29) is 16.8 Å². The van der Waals surface area contributed by atoms with Crippen LogP contribution in [0.5, 0.6) is 5.75 Å². The third kappa shape index (κ3) is 4.18. The summed E-state index contributed by atoms with van der Waals surface area (Å²) in [6, 6.07) is 13.9. The minimum absolute atomic E-state index is 0.0399. The Morgan fingerprint density at radius 1 is 1.15 bits per heavy atom. The zero-order valence-electron chi connectivity index (χ0n) is 14.7. The van der Waals surface area contributed by atoms with E-state index >= 15 is 0 Å². The second-order valence-electron chi connectivity index (χ2n) is 6.14. The van der Waals surface area contributed by atoms with E-state index in [1.807, 2.05) is 19.9 Å². The van der Waals surface area contributed by atoms with Crippen LogP contribution in [0.3, 0.4) is 0 Å². The van der Waals surface area contributed by atoms with Gasteiger partial charge in [0.25, 0.3) is 11.8 Å². The highest BCUT2D eigenvalue weighted by Crippen LogP contribution is 2.28. The van der Waals surface area contributed by atoms with Gasteiger partial charge in [0.15, 0.2) is 5.11 Å². The first-order valence-corrected chi connectivity index (χ1v) is 9.08. The molecule has 0 aliphatic carbocycles. The second-order valence-corrected chi connectivity index (χ2v) is 6.97. The first-order chi connectivity index (χ1) is 12.9. The van der Waals surface area contributed by atoms with Crippen LogP contribution < -0.4 is 15.0 Å². The molecule has 2 aromatic rings. The van der Waals surface area contributed by atoms with Crippen LogP contribution in [0.4, 0.5) is 5.69 Å². The van der Waals surface area contributed by atoms with E-state index in [1.165, 1.54) is 11.0 Å². The molecule has 0 unspecified atom stereocenters. The number of amides is 2. The molecule has 0 aromatic heterocycles. The number of thiocarbonyl (C=S) groups is 1. The van der Waals surface area contributed by atoms with Gasteiger partial charge in [-0.1, -0.05) is 29.8 Å². The van der Waals surface area contributed by atoms with E-state index in [4.69, 9.17) is 28.6 Å². The van der Waals surface area contributed by atoms with Gasteiger partial charge in [0.05, 0.1) is 11.8 Å². The molecule has 7 heteroatoms. The van der Waals surface area contributed by atoms with Gasteiger partial charge in [-0.25, -0.2) is 0 Å². The van der Waals surface area contributed by atoms with Crippen LogP contribution in [-0.4, -0.2) is 23.0 Å². The van der Waals surface area contributed by atoms with Gasteiger partial charge in [-0.05, 0) is 62.5 Å². The monoisotopic (exact) mass is 400 g/mol. The molecule has 1 aliphatic heterocycles. The van der Waals surface area contributed by atoms with Gasteiger partial charge in [-0.2, -0.15) is 0 Å². The van der Waals surface area contributed by atoms with Crippen molar-refractivity contribution in [2.24, 2.45) is 0 Å². The number of benzene rings is 2. The molecule has 0 spiro atoms. The number of anilines is 1. The molecule has 0 bridgehead atoms. The van der Waals surface area contributed by atoms with E-state index in [2.05, 4.69) is 5.32 Å². The number of carbonyl (C=O) groups is 2. The number of rotatable bonds is 4. The SMILES string of the molecule is CC(C)Oc1ccc(Cl)cc1/C=C1/C(=O)NC(=S)N(c2ccccc2)C1=O. The third-order valence-corrected chi connectivity index (χ3v) is 4.27. The quantitative estimate of drug-likeness (QED) is 0.479. The molecule has 1 saturated heterocycles. The van der Waals surface area contributed by atoms with E-state index in [9.17, 15) is 9.59 Å². The van der Waals surface area contributed by atoms with Crippen LogP contribution in [0.2, 0.25) is 5.02 Å². The Morgan fingerprint density at radius 2 is 1.85 bits per heavy atom. The number of halogens is 1. The molecule has 1 fully saturated rings. The van der Waals surface area contributed by atoms with Crippen molar-refractivity contribution < 1.29 is 14.3 Å². The van der Waals surface area contributed by atoms with Crippen molar-refractivity contribution in [3.05, 3.63) is 64.7 Å². The van der Waals surface area contributed by atoms with Crippen LogP contribution in [0.15, 0.2) is 54.1 Å². The lowest BCUT2D eigenvalue weighted by molar-refractivity contribution is -0.122. The highest BCUT2D eigenvalue weighted by Gasteiger charge is 2.34. The van der Waals surface area contributed by atoms with Crippen LogP contribution in [0.25, 0.3) is 6.08 Å². The van der Waals surface area contributed by atoms with Crippen molar-refractivity contribution in [1.82, 2.24) is 5.32 Å². The lowest BCUT2D eigenvalue weighted by Gasteiger charge is -2.29. The normalized spacial score (nSPS) is 16.1. The van der Waals surface area contributed by atoms with Crippen molar-refractivity contribution in [3.8, 4) is 5.75 Å². The molecule has 0 saturated carbocycles. The molecule has 27 heavy (non-hydrogen) atoms. The molecule has 1 N–H and O–H groups in total. The maximum atomic E-state index is 13.0. The molecule has 0 radical (unpaired) electrons. The molecule has 2 aromatic carbocycles. The van der Waals surface area contributed by atoms with Gasteiger partial charge in [-0.3, -0.25) is 19.8 Å². The standard InChI is InChI=1S/C20H17ClN2O3S/c1-12(2)26-17-9-8-14(21)10-13(17)11-16-18(24)22-20(27)23(19(16)25)15-6-4-3-5-7-15/h3-12H,1-2H3,(H,22,24,27)/b16-11-. The molecule has 1 aliphatic rings. The predicted molar refractivity (Wildman–Crippen MR) is 110 cm³/mol. The van der Waals surface area contributed by atoms with Crippen LogP contribution in [0, 0.1) is 0 Å². The molecule has 1 heterocycles. The summed E-state index contributed by atoms with van der Waals surface area (Å²) in [5.41, 5.74) is 1.06. The Morgan fingerprint density at radius 3 is 2.52 bits per heavy atom. The van der Waals surface area contributed by atoms with Crippen LogP contribution in [0.1, 0.15) is 19.4 Å². The minimum atomic E-state index is -0.562. The number of ether oxygens (including phenoxy) is 1. The van der Waals surface area contributed by atoms with Gasteiger partial charge in [-0.15, -0.1) is 0 Å². The zero-order valence-corrected chi connectivity index (χ0v) is 16.3. The van der Waals surface area contributed by atoms with E-state index < -0.39 is 11.8 Å². The maximum absolute atomic E-state index is 13.0. The Kier molecular flexibility index (Phi) is 5.58. The second kappa shape index (κ2) is 7.90. The lowest BCUT2D eigenvalue weighted by atomic mass is 10.1. The Bertz CT molecular complexity index is 941. The maximum Gasteiger partial charge on any atom is 0.270 e. The van der Waals surface area contributed by atoms with E-state index in [0.717, 1.165) is 0 Å². The molecule has 2 amide bonds. The summed E-state index contributed by atoms with van der Waals surface area (Å²) in [6.45, 7) is 3.78. The number of carbonyl (C=O) groups excluding carboxylic acids is 2. The van der Waals surface area contributed by atoms with Crippen LogP contribution in [-0.2, 0) is 9.59 Å². The smallest absolute Gasteiger partial charge is 0.270 e.